The molecule has 1 saturated heterocycles. The highest BCUT2D eigenvalue weighted by Gasteiger charge is 2.29. The zero-order valence-electron chi connectivity index (χ0n) is 15.4. The van der Waals surface area contributed by atoms with Gasteiger partial charge in [0.1, 0.15) is 0 Å². The fourth-order valence-corrected chi connectivity index (χ4v) is 4.12. The summed E-state index contributed by atoms with van der Waals surface area (Å²) in [6, 6.07) is 6.34. The Balaban J connectivity index is 1.91. The molecule has 0 atom stereocenters. The predicted octanol–water partition coefficient (Wildman–Crippen LogP) is 1.30. The summed E-state index contributed by atoms with van der Waals surface area (Å²) >= 11 is 3.28. The first kappa shape index (κ1) is 21.3. The third kappa shape index (κ3) is 5.50. The van der Waals surface area contributed by atoms with Crippen molar-refractivity contribution in [3.63, 3.8) is 0 Å². The van der Waals surface area contributed by atoms with Crippen molar-refractivity contribution in [3.05, 3.63) is 28.7 Å². The molecule has 0 saturated carbocycles. The SMILES string of the molecule is CN(CC(=O)NCC(C)(C)N1CCOCC1)S(=O)(=O)c1ccc(Br)cc1. The van der Waals surface area contributed by atoms with E-state index >= 15 is 0 Å². The molecule has 1 aromatic rings. The number of morpholine rings is 1. The molecule has 9 heteroatoms. The first-order valence-electron chi connectivity index (χ1n) is 8.44. The second-order valence-electron chi connectivity index (χ2n) is 6.90. The van der Waals surface area contributed by atoms with Gasteiger partial charge in [0.25, 0.3) is 0 Å². The molecule has 0 aromatic heterocycles. The molecule has 1 aliphatic rings. The van der Waals surface area contributed by atoms with Gasteiger partial charge in [0.2, 0.25) is 15.9 Å². The number of sulfonamides is 1. The molecule has 1 heterocycles. The number of hydrogen-bond donors (Lipinski definition) is 1. The normalized spacial score (nSPS) is 16.7. The fraction of sp³-hybridized carbons (Fsp3) is 0.588. The number of nitrogens with zero attached hydrogens (tertiary/aromatic N) is 2. The van der Waals surface area contributed by atoms with Crippen LogP contribution in [-0.4, -0.2) is 75.5 Å². The molecule has 26 heavy (non-hydrogen) atoms. The Bertz CT molecular complexity index is 716. The molecule has 0 unspecified atom stereocenters. The van der Waals surface area contributed by atoms with Crippen LogP contribution in [0.1, 0.15) is 13.8 Å². The minimum absolute atomic E-state index is 0.157. The summed E-state index contributed by atoms with van der Waals surface area (Å²) in [4.78, 5) is 14.7. The van der Waals surface area contributed by atoms with Gasteiger partial charge in [-0.15, -0.1) is 0 Å². The predicted molar refractivity (Wildman–Crippen MR) is 103 cm³/mol. The van der Waals surface area contributed by atoms with Gasteiger partial charge in [0.15, 0.2) is 0 Å². The van der Waals surface area contributed by atoms with Gasteiger partial charge in [-0.3, -0.25) is 9.69 Å². The van der Waals surface area contributed by atoms with E-state index in [1.54, 1.807) is 12.1 Å². The maximum absolute atomic E-state index is 12.5. The molecule has 7 nitrogen and oxygen atoms in total. The zero-order chi connectivity index (χ0) is 19.4. The Kier molecular flexibility index (Phi) is 7.20. The number of nitrogens with one attached hydrogen (secondary N) is 1. The average molecular weight is 448 g/mol. The van der Waals surface area contributed by atoms with Crippen molar-refractivity contribution in [1.82, 2.24) is 14.5 Å². The van der Waals surface area contributed by atoms with Gasteiger partial charge in [-0.05, 0) is 38.1 Å². The molecule has 1 fully saturated rings. The van der Waals surface area contributed by atoms with Crippen molar-refractivity contribution in [2.45, 2.75) is 24.3 Å². The number of hydrogen-bond acceptors (Lipinski definition) is 5. The lowest BCUT2D eigenvalue weighted by atomic mass is 10.0. The number of carbonyl (C=O) groups is 1. The van der Waals surface area contributed by atoms with Crippen LogP contribution in [0.4, 0.5) is 0 Å². The molecule has 0 aliphatic carbocycles. The van der Waals surface area contributed by atoms with E-state index in [2.05, 4.69) is 40.0 Å². The number of halogens is 1. The van der Waals surface area contributed by atoms with Crippen LogP contribution in [0, 0.1) is 0 Å². The van der Waals surface area contributed by atoms with Gasteiger partial charge in [-0.1, -0.05) is 15.9 Å². The minimum atomic E-state index is -3.70. The number of carbonyl (C=O) groups excluding carboxylic acids is 1. The van der Waals surface area contributed by atoms with Crippen molar-refractivity contribution >= 4 is 31.9 Å². The highest BCUT2D eigenvalue weighted by atomic mass is 79.9. The van der Waals surface area contributed by atoms with Crippen LogP contribution in [-0.2, 0) is 19.6 Å². The summed E-state index contributed by atoms with van der Waals surface area (Å²) in [6.45, 7) is 7.34. The van der Waals surface area contributed by atoms with E-state index in [-0.39, 0.29) is 22.9 Å². The number of likely N-dealkylation sites (N-methyl/N-ethyl adjacent to an activating group) is 1. The molecule has 1 aliphatic heterocycles. The van der Waals surface area contributed by atoms with Gasteiger partial charge in [-0.2, -0.15) is 4.31 Å². The molecule has 0 spiro atoms. The number of ether oxygens (including phenoxy) is 1. The first-order chi connectivity index (χ1) is 12.1. The highest BCUT2D eigenvalue weighted by Crippen LogP contribution is 2.18. The molecule has 1 amide bonds. The van der Waals surface area contributed by atoms with Crippen molar-refractivity contribution in [1.29, 1.82) is 0 Å². The van der Waals surface area contributed by atoms with Crippen molar-refractivity contribution in [2.24, 2.45) is 0 Å². The van der Waals surface area contributed by atoms with Crippen LogP contribution >= 0.6 is 15.9 Å². The molecule has 146 valence electrons. The quantitative estimate of drug-likeness (QED) is 0.681. The molecule has 0 radical (unpaired) electrons. The molecule has 2 rings (SSSR count). The highest BCUT2D eigenvalue weighted by molar-refractivity contribution is 9.10. The maximum atomic E-state index is 12.5. The summed E-state index contributed by atoms with van der Waals surface area (Å²) in [5.74, 6) is -0.325. The smallest absolute Gasteiger partial charge is 0.243 e. The van der Waals surface area contributed by atoms with E-state index in [1.807, 2.05) is 0 Å². The Morgan fingerprint density at radius 2 is 1.85 bits per heavy atom. The van der Waals surface area contributed by atoms with Crippen LogP contribution < -0.4 is 5.32 Å². The lowest BCUT2D eigenvalue weighted by molar-refractivity contribution is -0.121. The fourth-order valence-electron chi connectivity index (χ4n) is 2.72. The lowest BCUT2D eigenvalue weighted by Crippen LogP contribution is -2.56. The zero-order valence-corrected chi connectivity index (χ0v) is 17.8. The van der Waals surface area contributed by atoms with Gasteiger partial charge in [0.05, 0.1) is 24.7 Å². The van der Waals surface area contributed by atoms with Crippen molar-refractivity contribution < 1.29 is 17.9 Å². The number of amides is 1. The van der Waals surface area contributed by atoms with E-state index in [4.69, 9.17) is 4.74 Å². The lowest BCUT2D eigenvalue weighted by Gasteiger charge is -2.40. The molecular weight excluding hydrogens is 422 g/mol. The maximum Gasteiger partial charge on any atom is 0.243 e. The first-order valence-corrected chi connectivity index (χ1v) is 10.7. The Morgan fingerprint density at radius 3 is 2.42 bits per heavy atom. The largest absolute Gasteiger partial charge is 0.379 e. The second-order valence-corrected chi connectivity index (χ2v) is 9.86. The summed E-state index contributed by atoms with van der Waals surface area (Å²) in [5.41, 5.74) is -0.220. The van der Waals surface area contributed by atoms with E-state index in [0.717, 1.165) is 21.9 Å². The standard InChI is InChI=1S/C17H26BrN3O4S/c1-17(2,21-8-10-25-11-9-21)13-19-16(22)12-20(3)26(23,24)15-6-4-14(18)5-7-15/h4-7H,8-13H2,1-3H3,(H,19,22). The summed E-state index contributed by atoms with van der Waals surface area (Å²) < 4.78 is 32.3. The van der Waals surface area contributed by atoms with Crippen molar-refractivity contribution in [3.8, 4) is 0 Å². The van der Waals surface area contributed by atoms with Crippen LogP contribution in [0.25, 0.3) is 0 Å². The van der Waals surface area contributed by atoms with Gasteiger partial charge in [-0.25, -0.2) is 8.42 Å². The molecule has 0 bridgehead atoms. The minimum Gasteiger partial charge on any atom is -0.379 e. The number of rotatable bonds is 7. The van der Waals surface area contributed by atoms with Gasteiger partial charge < -0.3 is 10.1 Å². The topological polar surface area (TPSA) is 79.0 Å². The van der Waals surface area contributed by atoms with Crippen molar-refractivity contribution in [2.75, 3.05) is 46.4 Å². The van der Waals surface area contributed by atoms with E-state index in [0.29, 0.717) is 19.8 Å². The third-order valence-electron chi connectivity index (χ3n) is 4.47. The van der Waals surface area contributed by atoms with E-state index in [1.165, 1.54) is 19.2 Å². The monoisotopic (exact) mass is 447 g/mol. The second kappa shape index (κ2) is 8.79. The summed E-state index contributed by atoms with van der Waals surface area (Å²) in [5, 5.41) is 2.85. The molecule has 1 aromatic carbocycles. The van der Waals surface area contributed by atoms with Crippen LogP contribution in [0.3, 0.4) is 0 Å². The Morgan fingerprint density at radius 1 is 1.27 bits per heavy atom. The van der Waals surface area contributed by atoms with Crippen LogP contribution in [0.2, 0.25) is 0 Å². The number of benzene rings is 1. The van der Waals surface area contributed by atoms with Crippen LogP contribution in [0.5, 0.6) is 0 Å². The molecule has 1 N–H and O–H groups in total. The van der Waals surface area contributed by atoms with E-state index in [9.17, 15) is 13.2 Å². The van der Waals surface area contributed by atoms with Gasteiger partial charge >= 0.3 is 0 Å². The van der Waals surface area contributed by atoms with E-state index < -0.39 is 10.0 Å². The van der Waals surface area contributed by atoms with Crippen LogP contribution in [0.15, 0.2) is 33.6 Å². The summed E-state index contributed by atoms with van der Waals surface area (Å²) in [7, 11) is -2.29. The Hall–Kier alpha value is -1.00. The van der Waals surface area contributed by atoms with Gasteiger partial charge in [0, 0.05) is 36.7 Å². The molecular formula is C17H26BrN3O4S. The Labute approximate surface area is 163 Å². The third-order valence-corrected chi connectivity index (χ3v) is 6.82. The summed E-state index contributed by atoms with van der Waals surface area (Å²) in [6.07, 6.45) is 0. The average Bonchev–Trinajstić information content (AvgIpc) is 2.61.